The van der Waals surface area contributed by atoms with Gasteiger partial charge in [-0.05, 0) is 6.42 Å². The second-order valence-electron chi connectivity index (χ2n) is 3.04. The monoisotopic (exact) mass is 206 g/mol. The van der Waals surface area contributed by atoms with Gasteiger partial charge in [0.15, 0.2) is 0 Å². The Morgan fingerprint density at radius 3 is 2.69 bits per heavy atom. The van der Waals surface area contributed by atoms with Crippen molar-refractivity contribution < 1.29 is 13.2 Å². The summed E-state index contributed by atoms with van der Waals surface area (Å²) in [4.78, 5) is 10.1. The van der Waals surface area contributed by atoms with Crippen molar-refractivity contribution >= 4 is 16.5 Å². The van der Waals surface area contributed by atoms with Crippen LogP contribution in [0, 0.1) is 0 Å². The minimum absolute atomic E-state index is 0.271. The smallest absolute Gasteiger partial charge is 0.281 e. The van der Waals surface area contributed by atoms with Crippen molar-refractivity contribution in [3.8, 4) is 0 Å². The summed E-state index contributed by atoms with van der Waals surface area (Å²) < 4.78 is 25.8. The van der Waals surface area contributed by atoms with Gasteiger partial charge >= 0.3 is 0 Å². The van der Waals surface area contributed by atoms with E-state index >= 15 is 0 Å². The second kappa shape index (κ2) is 4.17. The van der Waals surface area contributed by atoms with E-state index in [1.165, 1.54) is 8.61 Å². The molecule has 0 radical (unpaired) electrons. The Kier molecular flexibility index (Phi) is 3.40. The first-order chi connectivity index (χ1) is 6.09. The zero-order valence-corrected chi connectivity index (χ0v) is 8.46. The Morgan fingerprint density at radius 1 is 1.38 bits per heavy atom. The molecular formula is C7H14N2O3S. The van der Waals surface area contributed by atoms with E-state index in [0.29, 0.717) is 19.6 Å². The number of carbonyl (C=O) groups excluding carboxylic acids is 1. The highest BCUT2D eigenvalue weighted by atomic mass is 32.2. The Bertz CT molecular complexity index is 275. The summed E-state index contributed by atoms with van der Waals surface area (Å²) in [6.07, 6.45) is 1.84. The van der Waals surface area contributed by atoms with Crippen LogP contribution in [0.4, 0.5) is 0 Å². The van der Waals surface area contributed by atoms with E-state index in [1.54, 1.807) is 7.05 Å². The number of hydrogen-bond acceptors (Lipinski definition) is 3. The fraction of sp³-hybridized carbons (Fsp3) is 0.857. The standard InChI is InChI=1S/C7H14N2O3S/c1-8-4-2-5-9(6-3-7-10)13(8,11)12/h7H,2-6H2,1H3. The van der Waals surface area contributed by atoms with Gasteiger partial charge in [0, 0.05) is 33.1 Å². The first-order valence-electron chi connectivity index (χ1n) is 4.24. The molecule has 0 aromatic heterocycles. The lowest BCUT2D eigenvalue weighted by atomic mass is 10.4. The normalized spacial score (nSPS) is 24.4. The molecule has 1 saturated heterocycles. The van der Waals surface area contributed by atoms with Crippen LogP contribution in [0.2, 0.25) is 0 Å². The molecule has 1 aliphatic rings. The molecule has 0 atom stereocenters. The van der Waals surface area contributed by atoms with Gasteiger partial charge < -0.3 is 4.79 Å². The van der Waals surface area contributed by atoms with Crippen LogP contribution in [-0.2, 0) is 15.0 Å². The molecule has 1 rings (SSSR count). The molecule has 0 spiro atoms. The predicted octanol–water partition coefficient (Wildman–Crippen LogP) is -0.542. The van der Waals surface area contributed by atoms with Crippen molar-refractivity contribution in [2.75, 3.05) is 26.7 Å². The third kappa shape index (κ3) is 2.26. The third-order valence-electron chi connectivity index (χ3n) is 2.10. The lowest BCUT2D eigenvalue weighted by Gasteiger charge is -2.31. The first kappa shape index (κ1) is 10.6. The number of carbonyl (C=O) groups is 1. The molecule has 0 amide bonds. The van der Waals surface area contributed by atoms with Crippen molar-refractivity contribution in [3.63, 3.8) is 0 Å². The maximum atomic E-state index is 11.6. The highest BCUT2D eigenvalue weighted by Gasteiger charge is 2.29. The molecule has 0 saturated carbocycles. The summed E-state index contributed by atoms with van der Waals surface area (Å²) >= 11 is 0. The lowest BCUT2D eigenvalue weighted by Crippen LogP contribution is -2.48. The summed E-state index contributed by atoms with van der Waals surface area (Å²) in [5.41, 5.74) is 0. The summed E-state index contributed by atoms with van der Waals surface area (Å²) in [5.74, 6) is 0. The number of nitrogens with zero attached hydrogens (tertiary/aromatic N) is 2. The zero-order valence-electron chi connectivity index (χ0n) is 7.64. The van der Waals surface area contributed by atoms with Gasteiger partial charge in [-0.25, -0.2) is 0 Å². The molecule has 0 bridgehead atoms. The topological polar surface area (TPSA) is 57.7 Å². The molecule has 0 aromatic rings. The van der Waals surface area contributed by atoms with E-state index < -0.39 is 10.2 Å². The van der Waals surface area contributed by atoms with E-state index in [1.807, 2.05) is 0 Å². The van der Waals surface area contributed by atoms with Gasteiger partial charge in [-0.15, -0.1) is 0 Å². The molecule has 6 heteroatoms. The molecule has 1 aliphatic heterocycles. The van der Waals surface area contributed by atoms with Gasteiger partial charge in [0.25, 0.3) is 10.2 Å². The van der Waals surface area contributed by atoms with Crippen LogP contribution < -0.4 is 0 Å². The van der Waals surface area contributed by atoms with Crippen molar-refractivity contribution in [3.05, 3.63) is 0 Å². The Morgan fingerprint density at radius 2 is 2.08 bits per heavy atom. The molecule has 5 nitrogen and oxygen atoms in total. The number of hydrogen-bond donors (Lipinski definition) is 0. The van der Waals surface area contributed by atoms with Gasteiger partial charge in [0.1, 0.15) is 6.29 Å². The lowest BCUT2D eigenvalue weighted by molar-refractivity contribution is -0.107. The highest BCUT2D eigenvalue weighted by Crippen LogP contribution is 2.13. The zero-order chi connectivity index (χ0) is 9.90. The van der Waals surface area contributed by atoms with Crippen molar-refractivity contribution in [2.24, 2.45) is 0 Å². The number of aldehydes is 1. The predicted molar refractivity (Wildman–Crippen MR) is 48.4 cm³/mol. The Hall–Kier alpha value is -0.460. The fourth-order valence-electron chi connectivity index (χ4n) is 1.32. The van der Waals surface area contributed by atoms with Gasteiger partial charge in [0.05, 0.1) is 0 Å². The van der Waals surface area contributed by atoms with Crippen LogP contribution in [0.5, 0.6) is 0 Å². The first-order valence-corrected chi connectivity index (χ1v) is 5.64. The minimum Gasteiger partial charge on any atom is -0.303 e. The van der Waals surface area contributed by atoms with E-state index in [4.69, 9.17) is 0 Å². The molecular weight excluding hydrogens is 192 g/mol. The van der Waals surface area contributed by atoms with Crippen LogP contribution in [0.3, 0.4) is 0 Å². The molecule has 76 valence electrons. The van der Waals surface area contributed by atoms with Gasteiger partial charge in [-0.2, -0.15) is 17.0 Å². The molecule has 1 fully saturated rings. The van der Waals surface area contributed by atoms with E-state index in [-0.39, 0.29) is 6.42 Å². The fourth-order valence-corrected chi connectivity index (χ4v) is 2.77. The largest absolute Gasteiger partial charge is 0.303 e. The van der Waals surface area contributed by atoms with E-state index in [9.17, 15) is 13.2 Å². The van der Waals surface area contributed by atoms with E-state index in [2.05, 4.69) is 0 Å². The summed E-state index contributed by atoms with van der Waals surface area (Å²) in [6, 6.07) is 0. The molecule has 13 heavy (non-hydrogen) atoms. The van der Waals surface area contributed by atoms with Crippen molar-refractivity contribution in [1.82, 2.24) is 8.61 Å². The number of rotatable bonds is 3. The van der Waals surface area contributed by atoms with Gasteiger partial charge in [-0.1, -0.05) is 0 Å². The maximum Gasteiger partial charge on any atom is 0.281 e. The van der Waals surface area contributed by atoms with Crippen molar-refractivity contribution in [2.45, 2.75) is 12.8 Å². The van der Waals surface area contributed by atoms with E-state index in [0.717, 1.165) is 12.7 Å². The highest BCUT2D eigenvalue weighted by molar-refractivity contribution is 7.86. The third-order valence-corrected chi connectivity index (χ3v) is 4.09. The molecule has 0 N–H and O–H groups in total. The van der Waals surface area contributed by atoms with Crippen LogP contribution >= 0.6 is 0 Å². The Balaban J connectivity index is 2.67. The molecule has 1 heterocycles. The Labute approximate surface area is 78.5 Å². The van der Waals surface area contributed by atoms with Gasteiger partial charge in [-0.3, -0.25) is 0 Å². The van der Waals surface area contributed by atoms with Crippen LogP contribution in [0.1, 0.15) is 12.8 Å². The molecule has 0 aliphatic carbocycles. The van der Waals surface area contributed by atoms with Crippen LogP contribution in [0.25, 0.3) is 0 Å². The van der Waals surface area contributed by atoms with Crippen LogP contribution in [0.15, 0.2) is 0 Å². The van der Waals surface area contributed by atoms with Crippen LogP contribution in [-0.4, -0.2) is 50.0 Å². The van der Waals surface area contributed by atoms with Crippen molar-refractivity contribution in [1.29, 1.82) is 0 Å². The quantitative estimate of drug-likeness (QED) is 0.583. The van der Waals surface area contributed by atoms with Gasteiger partial charge in [0.2, 0.25) is 0 Å². The molecule has 0 unspecified atom stereocenters. The average Bonchev–Trinajstić information content (AvgIpc) is 2.08. The summed E-state index contributed by atoms with van der Waals surface area (Å²) in [5, 5.41) is 0. The SMILES string of the molecule is CN1CCCN(CCC=O)S1(=O)=O. The molecule has 0 aromatic carbocycles. The summed E-state index contributed by atoms with van der Waals surface area (Å²) in [7, 11) is -1.71. The summed E-state index contributed by atoms with van der Waals surface area (Å²) in [6.45, 7) is 1.40. The average molecular weight is 206 g/mol. The maximum absolute atomic E-state index is 11.6. The minimum atomic E-state index is -3.27. The second-order valence-corrected chi connectivity index (χ2v) is 5.07.